The van der Waals surface area contributed by atoms with E-state index in [0.717, 1.165) is 22.4 Å². The third-order valence-corrected chi connectivity index (χ3v) is 4.10. The highest BCUT2D eigenvalue weighted by atomic mass is 19.1. The van der Waals surface area contributed by atoms with Crippen LogP contribution in [0.4, 0.5) is 4.39 Å². The second-order valence-corrected chi connectivity index (χ2v) is 5.99. The fourth-order valence-corrected chi connectivity index (χ4v) is 2.80. The summed E-state index contributed by atoms with van der Waals surface area (Å²) in [6.45, 7) is 4.19. The SMILES string of the molecule is COc1cc(OC)c(C(C)C)cc1-c1ocnc1-c1ccc(F)cc1. The monoisotopic (exact) mass is 341 g/mol. The van der Waals surface area contributed by atoms with E-state index in [4.69, 9.17) is 13.9 Å². The number of hydrogen-bond acceptors (Lipinski definition) is 4. The number of rotatable bonds is 5. The molecule has 0 aliphatic heterocycles. The van der Waals surface area contributed by atoms with Crippen molar-refractivity contribution in [1.29, 1.82) is 0 Å². The highest BCUT2D eigenvalue weighted by molar-refractivity contribution is 5.81. The molecule has 0 amide bonds. The van der Waals surface area contributed by atoms with E-state index in [0.29, 0.717) is 17.2 Å². The van der Waals surface area contributed by atoms with Crippen LogP contribution in [0.25, 0.3) is 22.6 Å². The minimum Gasteiger partial charge on any atom is -0.496 e. The number of halogens is 1. The molecule has 0 atom stereocenters. The largest absolute Gasteiger partial charge is 0.496 e. The molecule has 0 fully saturated rings. The van der Waals surface area contributed by atoms with Gasteiger partial charge in [-0.1, -0.05) is 13.8 Å². The lowest BCUT2D eigenvalue weighted by Crippen LogP contribution is -1.98. The van der Waals surface area contributed by atoms with Crippen molar-refractivity contribution in [3.05, 3.63) is 54.2 Å². The molecule has 25 heavy (non-hydrogen) atoms. The van der Waals surface area contributed by atoms with Gasteiger partial charge in [-0.3, -0.25) is 0 Å². The van der Waals surface area contributed by atoms with Crippen molar-refractivity contribution in [1.82, 2.24) is 4.98 Å². The first kappa shape index (κ1) is 17.0. The number of benzene rings is 2. The molecule has 0 N–H and O–H groups in total. The zero-order valence-corrected chi connectivity index (χ0v) is 14.7. The molecule has 3 aromatic rings. The molecule has 0 saturated heterocycles. The fraction of sp³-hybridized carbons (Fsp3) is 0.250. The molecular weight excluding hydrogens is 321 g/mol. The molecule has 0 aliphatic carbocycles. The topological polar surface area (TPSA) is 44.5 Å². The summed E-state index contributed by atoms with van der Waals surface area (Å²) in [6, 6.07) is 10.0. The van der Waals surface area contributed by atoms with E-state index in [-0.39, 0.29) is 11.7 Å². The van der Waals surface area contributed by atoms with E-state index >= 15 is 0 Å². The standard InChI is InChI=1S/C20H20FNO3/c1-12(2)15-9-16(18(24-4)10-17(15)23-3)20-19(22-11-25-20)13-5-7-14(21)8-6-13/h5-12H,1-4H3. The van der Waals surface area contributed by atoms with Crippen LogP contribution in [-0.2, 0) is 0 Å². The lowest BCUT2D eigenvalue weighted by Gasteiger charge is -2.16. The Labute approximate surface area is 146 Å². The van der Waals surface area contributed by atoms with Crippen LogP contribution in [0.15, 0.2) is 47.2 Å². The van der Waals surface area contributed by atoms with E-state index in [2.05, 4.69) is 18.8 Å². The second-order valence-electron chi connectivity index (χ2n) is 5.99. The zero-order chi connectivity index (χ0) is 18.0. The number of methoxy groups -OCH3 is 2. The Morgan fingerprint density at radius 2 is 1.68 bits per heavy atom. The molecule has 0 aliphatic rings. The van der Waals surface area contributed by atoms with Crippen LogP contribution in [0.5, 0.6) is 11.5 Å². The normalized spacial score (nSPS) is 11.0. The average molecular weight is 341 g/mol. The molecule has 5 heteroatoms. The summed E-state index contributed by atoms with van der Waals surface area (Å²) in [5.74, 6) is 1.93. The van der Waals surface area contributed by atoms with Gasteiger partial charge in [0, 0.05) is 11.6 Å². The number of ether oxygens (including phenoxy) is 2. The smallest absolute Gasteiger partial charge is 0.182 e. The Kier molecular flexibility index (Phi) is 4.74. The van der Waals surface area contributed by atoms with Crippen LogP contribution in [0.3, 0.4) is 0 Å². The van der Waals surface area contributed by atoms with Crippen molar-refractivity contribution < 1.29 is 18.3 Å². The summed E-state index contributed by atoms with van der Waals surface area (Å²) >= 11 is 0. The van der Waals surface area contributed by atoms with E-state index in [9.17, 15) is 4.39 Å². The van der Waals surface area contributed by atoms with Crippen LogP contribution in [0.2, 0.25) is 0 Å². The van der Waals surface area contributed by atoms with E-state index < -0.39 is 0 Å². The molecule has 0 radical (unpaired) electrons. The first-order valence-electron chi connectivity index (χ1n) is 8.00. The highest BCUT2D eigenvalue weighted by Gasteiger charge is 2.21. The van der Waals surface area contributed by atoms with Gasteiger partial charge >= 0.3 is 0 Å². The highest BCUT2D eigenvalue weighted by Crippen LogP contribution is 2.42. The number of oxazole rings is 1. The Morgan fingerprint density at radius 1 is 1.00 bits per heavy atom. The molecule has 3 rings (SSSR count). The van der Waals surface area contributed by atoms with Gasteiger partial charge in [-0.25, -0.2) is 9.37 Å². The molecule has 0 unspecified atom stereocenters. The van der Waals surface area contributed by atoms with Gasteiger partial charge in [0.1, 0.15) is 23.0 Å². The number of aromatic nitrogens is 1. The minimum absolute atomic E-state index is 0.261. The Hall–Kier alpha value is -2.82. The lowest BCUT2D eigenvalue weighted by atomic mass is 9.96. The predicted molar refractivity (Wildman–Crippen MR) is 94.5 cm³/mol. The summed E-state index contributed by atoms with van der Waals surface area (Å²) in [4.78, 5) is 4.31. The van der Waals surface area contributed by atoms with Crippen molar-refractivity contribution in [3.8, 4) is 34.1 Å². The van der Waals surface area contributed by atoms with Crippen LogP contribution in [0.1, 0.15) is 25.3 Å². The number of nitrogens with zero attached hydrogens (tertiary/aromatic N) is 1. The van der Waals surface area contributed by atoms with Crippen molar-refractivity contribution in [2.75, 3.05) is 14.2 Å². The van der Waals surface area contributed by atoms with Crippen LogP contribution >= 0.6 is 0 Å². The van der Waals surface area contributed by atoms with E-state index in [1.54, 1.807) is 26.4 Å². The Morgan fingerprint density at radius 3 is 2.28 bits per heavy atom. The summed E-state index contributed by atoms with van der Waals surface area (Å²) in [7, 11) is 3.24. The molecule has 0 saturated carbocycles. The molecule has 0 spiro atoms. The molecule has 0 bridgehead atoms. The molecule has 130 valence electrons. The Bertz CT molecular complexity index is 869. The summed E-state index contributed by atoms with van der Waals surface area (Å²) in [5.41, 5.74) is 3.23. The summed E-state index contributed by atoms with van der Waals surface area (Å²) < 4.78 is 29.9. The average Bonchev–Trinajstić information content (AvgIpc) is 3.10. The van der Waals surface area contributed by atoms with Crippen LogP contribution in [0, 0.1) is 5.82 Å². The van der Waals surface area contributed by atoms with Gasteiger partial charge in [0.05, 0.1) is 19.8 Å². The summed E-state index contributed by atoms with van der Waals surface area (Å²) in [6.07, 6.45) is 1.38. The van der Waals surface area contributed by atoms with Crippen molar-refractivity contribution >= 4 is 0 Å². The number of hydrogen-bond donors (Lipinski definition) is 0. The molecule has 1 heterocycles. The van der Waals surface area contributed by atoms with E-state index in [1.807, 2.05) is 12.1 Å². The van der Waals surface area contributed by atoms with Gasteiger partial charge in [-0.05, 0) is 41.8 Å². The first-order valence-corrected chi connectivity index (χ1v) is 8.00. The van der Waals surface area contributed by atoms with Gasteiger partial charge in [-0.15, -0.1) is 0 Å². The van der Waals surface area contributed by atoms with Gasteiger partial charge in [0.15, 0.2) is 12.2 Å². The predicted octanol–water partition coefficient (Wildman–Crippen LogP) is 5.29. The molecule has 4 nitrogen and oxygen atoms in total. The quantitative estimate of drug-likeness (QED) is 0.632. The second kappa shape index (κ2) is 6.97. The van der Waals surface area contributed by atoms with Crippen molar-refractivity contribution in [3.63, 3.8) is 0 Å². The third-order valence-electron chi connectivity index (χ3n) is 4.10. The van der Waals surface area contributed by atoms with Gasteiger partial charge < -0.3 is 13.9 Å². The molecular formula is C20H20FNO3. The van der Waals surface area contributed by atoms with Gasteiger partial charge in [0.25, 0.3) is 0 Å². The third kappa shape index (κ3) is 3.22. The maximum Gasteiger partial charge on any atom is 0.182 e. The fourth-order valence-electron chi connectivity index (χ4n) is 2.80. The lowest BCUT2D eigenvalue weighted by molar-refractivity contribution is 0.390. The van der Waals surface area contributed by atoms with Gasteiger partial charge in [-0.2, -0.15) is 0 Å². The van der Waals surface area contributed by atoms with Gasteiger partial charge in [0.2, 0.25) is 0 Å². The molecule has 2 aromatic carbocycles. The van der Waals surface area contributed by atoms with Crippen molar-refractivity contribution in [2.45, 2.75) is 19.8 Å². The maximum absolute atomic E-state index is 13.2. The first-order chi connectivity index (χ1) is 12.0. The van der Waals surface area contributed by atoms with E-state index in [1.165, 1.54) is 18.5 Å². The van der Waals surface area contributed by atoms with Crippen LogP contribution in [-0.4, -0.2) is 19.2 Å². The Balaban J connectivity index is 2.18. The minimum atomic E-state index is -0.294. The zero-order valence-electron chi connectivity index (χ0n) is 14.7. The van der Waals surface area contributed by atoms with Crippen molar-refractivity contribution in [2.24, 2.45) is 0 Å². The summed E-state index contributed by atoms with van der Waals surface area (Å²) in [5, 5.41) is 0. The maximum atomic E-state index is 13.2. The molecule has 1 aromatic heterocycles. The van der Waals surface area contributed by atoms with Crippen LogP contribution < -0.4 is 9.47 Å².